The fourth-order valence-electron chi connectivity index (χ4n) is 8.75. The molecule has 4 saturated carbocycles. The minimum absolute atomic E-state index is 0.0149. The lowest BCUT2D eigenvalue weighted by atomic mass is 9.51. The van der Waals surface area contributed by atoms with Gasteiger partial charge >= 0.3 is 5.97 Å². The lowest BCUT2D eigenvalue weighted by molar-refractivity contribution is -0.143. The van der Waals surface area contributed by atoms with E-state index in [1.165, 1.54) is 21.0 Å². The highest BCUT2D eigenvalue weighted by Gasteiger charge is 2.56. The van der Waals surface area contributed by atoms with Crippen molar-refractivity contribution in [1.82, 2.24) is 15.2 Å². The van der Waals surface area contributed by atoms with E-state index >= 15 is 0 Å². The molecule has 4 bridgehead atoms. The van der Waals surface area contributed by atoms with Crippen LogP contribution in [-0.4, -0.2) is 51.7 Å². The monoisotopic (exact) mass is 681 g/mol. The van der Waals surface area contributed by atoms with Crippen LogP contribution in [0.25, 0.3) is 16.6 Å². The van der Waals surface area contributed by atoms with Crippen LogP contribution in [0.15, 0.2) is 77.6 Å². The fourth-order valence-corrected chi connectivity index (χ4v) is 8.91. The number of carbonyl (C=O) groups is 3. The Kier molecular flexibility index (Phi) is 8.40. The Labute approximate surface area is 289 Å². The molecular formula is C39H40ClN3O6. The molecule has 9 nitrogen and oxygen atoms in total. The number of hydrogen-bond donors (Lipinski definition) is 3. The summed E-state index contributed by atoms with van der Waals surface area (Å²) in [6, 6.07) is 21.4. The number of hydrogen-bond acceptors (Lipinski definition) is 6. The van der Waals surface area contributed by atoms with E-state index in [2.05, 4.69) is 10.6 Å². The van der Waals surface area contributed by atoms with Crippen molar-refractivity contribution in [2.24, 2.45) is 17.8 Å². The Morgan fingerprint density at radius 2 is 1.65 bits per heavy atom. The average molecular weight is 682 g/mol. The highest BCUT2D eigenvalue weighted by atomic mass is 35.5. The summed E-state index contributed by atoms with van der Waals surface area (Å²) in [4.78, 5) is 53.6. The number of benzene rings is 3. The number of aliphatic hydroxyl groups is 1. The van der Waals surface area contributed by atoms with E-state index in [4.69, 9.17) is 16.3 Å². The Bertz CT molecular complexity index is 2000. The number of esters is 1. The highest BCUT2D eigenvalue weighted by Crippen LogP contribution is 2.56. The summed E-state index contributed by atoms with van der Waals surface area (Å²) < 4.78 is 6.92. The minimum Gasteiger partial charge on any atom is -0.464 e. The zero-order valence-corrected chi connectivity index (χ0v) is 28.5. The molecule has 0 spiro atoms. The van der Waals surface area contributed by atoms with Crippen LogP contribution in [0.3, 0.4) is 0 Å². The number of amides is 2. The lowest BCUT2D eigenvalue weighted by Gasteiger charge is -2.60. The van der Waals surface area contributed by atoms with Crippen LogP contribution in [0, 0.1) is 17.8 Å². The second-order valence-electron chi connectivity index (χ2n) is 14.6. The Balaban J connectivity index is 1.14. The predicted molar refractivity (Wildman–Crippen MR) is 187 cm³/mol. The van der Waals surface area contributed by atoms with Gasteiger partial charge in [-0.1, -0.05) is 41.9 Å². The molecule has 1 aromatic heterocycles. The highest BCUT2D eigenvalue weighted by molar-refractivity contribution is 6.31. The van der Waals surface area contributed by atoms with E-state index in [0.717, 1.165) is 37.7 Å². The first kappa shape index (κ1) is 33.0. The van der Waals surface area contributed by atoms with Crippen molar-refractivity contribution in [1.29, 1.82) is 0 Å². The standard InChI is InChI=1S/C39H40ClN3O6/c1-38(2,48)37(47)42-39-19-23-15-25(20-39)32(26(16-23)21-39)41-35(45)24-11-9-22(10-12-24)17-30-33(36(46)49-3)43(28-7-5-4-6-8-28)31-18-27(40)13-14-29(31)34(30)44/h4-14,18,23,25-26,32,48H,15-17,19-21H2,1-3H3,(H,41,45)(H,42,47)/t23?,25-,26?,32?,39?/m1/s1. The third kappa shape index (κ3) is 6.15. The molecular weight excluding hydrogens is 642 g/mol. The molecule has 1 heterocycles. The molecule has 3 N–H and O–H groups in total. The number of aromatic nitrogens is 1. The number of nitrogens with one attached hydrogen (secondary N) is 2. The van der Waals surface area contributed by atoms with E-state index in [-0.39, 0.29) is 58.3 Å². The summed E-state index contributed by atoms with van der Waals surface area (Å²) in [6.45, 7) is 3.02. The van der Waals surface area contributed by atoms with Gasteiger partial charge in [-0.2, -0.15) is 0 Å². The Morgan fingerprint density at radius 3 is 2.29 bits per heavy atom. The maximum absolute atomic E-state index is 14.0. The van der Waals surface area contributed by atoms with E-state index in [9.17, 15) is 24.3 Å². The third-order valence-corrected chi connectivity index (χ3v) is 11.0. The zero-order valence-electron chi connectivity index (χ0n) is 27.8. The number of fused-ring (bicyclic) bond motifs is 1. The summed E-state index contributed by atoms with van der Waals surface area (Å²) in [7, 11) is 1.29. The minimum atomic E-state index is -1.44. The van der Waals surface area contributed by atoms with Crippen LogP contribution in [0.4, 0.5) is 0 Å². The molecule has 3 aromatic carbocycles. The topological polar surface area (TPSA) is 127 Å². The number of halogens is 1. The van der Waals surface area contributed by atoms with Crippen LogP contribution in [0.2, 0.25) is 5.02 Å². The van der Waals surface area contributed by atoms with Crippen molar-refractivity contribution in [2.45, 2.75) is 69.6 Å². The first-order valence-electron chi connectivity index (χ1n) is 16.8. The van der Waals surface area contributed by atoms with Crippen LogP contribution in [-0.2, 0) is 16.0 Å². The molecule has 2 amide bonds. The molecule has 5 atom stereocenters. The van der Waals surface area contributed by atoms with Gasteiger partial charge in [-0.3, -0.25) is 14.4 Å². The Morgan fingerprint density at radius 1 is 0.980 bits per heavy atom. The average Bonchev–Trinajstić information content (AvgIpc) is 3.06. The van der Waals surface area contributed by atoms with E-state index < -0.39 is 11.6 Å². The van der Waals surface area contributed by atoms with Gasteiger partial charge in [0.1, 0.15) is 11.3 Å². The molecule has 8 rings (SSSR count). The largest absolute Gasteiger partial charge is 0.464 e. The SMILES string of the molecule is COC(=O)c1c(Cc2ccc(C(=O)NC3C4CC5C[C@@H]3CC(NC(=O)C(C)(C)O)(C5)C4)cc2)c(=O)c2ccc(Cl)cc2n1-c1ccccc1. The summed E-state index contributed by atoms with van der Waals surface area (Å²) in [5.41, 5.74) is 0.777. The summed E-state index contributed by atoms with van der Waals surface area (Å²) in [5, 5.41) is 17.6. The summed E-state index contributed by atoms with van der Waals surface area (Å²) in [6.07, 6.45) is 4.66. The second kappa shape index (κ2) is 12.4. The van der Waals surface area contributed by atoms with Crippen molar-refractivity contribution >= 4 is 40.3 Å². The van der Waals surface area contributed by atoms with Gasteiger partial charge in [-0.25, -0.2) is 4.79 Å². The Hall–Kier alpha value is -4.47. The summed E-state index contributed by atoms with van der Waals surface area (Å²) in [5.74, 6) is -0.152. The first-order valence-corrected chi connectivity index (χ1v) is 17.2. The molecule has 0 aliphatic heterocycles. The number of nitrogens with zero attached hydrogens (tertiary/aromatic N) is 1. The number of pyridine rings is 1. The maximum atomic E-state index is 14.0. The molecule has 4 unspecified atom stereocenters. The molecule has 0 radical (unpaired) electrons. The molecule has 4 aromatic rings. The number of ether oxygens (including phenoxy) is 1. The number of para-hydroxylation sites is 1. The summed E-state index contributed by atoms with van der Waals surface area (Å²) >= 11 is 6.35. The van der Waals surface area contributed by atoms with E-state index in [1.54, 1.807) is 34.9 Å². The normalized spacial score (nSPS) is 24.1. The lowest BCUT2D eigenvalue weighted by Crippen LogP contribution is -2.68. The smallest absolute Gasteiger partial charge is 0.355 e. The third-order valence-electron chi connectivity index (χ3n) is 10.7. The number of carbonyl (C=O) groups excluding carboxylic acids is 3. The molecule has 254 valence electrons. The molecule has 4 fully saturated rings. The molecule has 4 aliphatic rings. The van der Waals surface area contributed by atoms with Crippen LogP contribution in [0.1, 0.15) is 77.9 Å². The fraction of sp³-hybridized carbons (Fsp3) is 0.385. The van der Waals surface area contributed by atoms with Gasteiger partial charge in [0.2, 0.25) is 0 Å². The van der Waals surface area contributed by atoms with E-state index in [0.29, 0.717) is 33.1 Å². The zero-order chi connectivity index (χ0) is 34.7. The van der Waals surface area contributed by atoms with Crippen molar-refractivity contribution in [3.63, 3.8) is 0 Å². The molecule has 4 aliphatic carbocycles. The van der Waals surface area contributed by atoms with Gasteiger partial charge in [-0.15, -0.1) is 0 Å². The van der Waals surface area contributed by atoms with Gasteiger partial charge < -0.3 is 25.0 Å². The van der Waals surface area contributed by atoms with Gasteiger partial charge in [-0.05, 0) is 112 Å². The second-order valence-corrected chi connectivity index (χ2v) is 15.1. The van der Waals surface area contributed by atoms with Gasteiger partial charge in [0.25, 0.3) is 11.8 Å². The predicted octanol–water partition coefficient (Wildman–Crippen LogP) is 5.59. The van der Waals surface area contributed by atoms with Crippen molar-refractivity contribution in [3.8, 4) is 5.69 Å². The first-order chi connectivity index (χ1) is 23.4. The van der Waals surface area contributed by atoms with Gasteiger partial charge in [0.15, 0.2) is 5.43 Å². The number of rotatable bonds is 8. The van der Waals surface area contributed by atoms with Crippen molar-refractivity contribution in [2.75, 3.05) is 7.11 Å². The maximum Gasteiger partial charge on any atom is 0.355 e. The van der Waals surface area contributed by atoms with Gasteiger partial charge in [0.05, 0.1) is 12.6 Å². The molecule has 0 saturated heterocycles. The van der Waals surface area contributed by atoms with Crippen LogP contribution >= 0.6 is 11.6 Å². The quantitative estimate of drug-likeness (QED) is 0.208. The molecule has 10 heteroatoms. The molecule has 49 heavy (non-hydrogen) atoms. The van der Waals surface area contributed by atoms with Crippen LogP contribution in [0.5, 0.6) is 0 Å². The van der Waals surface area contributed by atoms with E-state index in [1.807, 2.05) is 42.5 Å². The van der Waals surface area contributed by atoms with Gasteiger partial charge in [0, 0.05) is 45.2 Å². The van der Waals surface area contributed by atoms with Crippen molar-refractivity contribution in [3.05, 3.63) is 110 Å². The van der Waals surface area contributed by atoms with Crippen LogP contribution < -0.4 is 16.1 Å². The van der Waals surface area contributed by atoms with Crippen molar-refractivity contribution < 1.29 is 24.2 Å². The number of methoxy groups -OCH3 is 1.